The molecule has 0 spiro atoms. The first-order chi connectivity index (χ1) is 18.9. The lowest BCUT2D eigenvalue weighted by atomic mass is 9.77. The monoisotopic (exact) mass is 571 g/mol. The van der Waals surface area contributed by atoms with Crippen molar-refractivity contribution in [2.24, 2.45) is 11.3 Å². The summed E-state index contributed by atoms with van der Waals surface area (Å²) in [6.07, 6.45) is 5.32. The fourth-order valence-electron chi connectivity index (χ4n) is 5.54. The Labute approximate surface area is 242 Å². The van der Waals surface area contributed by atoms with Gasteiger partial charge in [-0.25, -0.2) is 4.79 Å². The van der Waals surface area contributed by atoms with Crippen LogP contribution in [0.25, 0.3) is 0 Å². The van der Waals surface area contributed by atoms with E-state index in [9.17, 15) is 30.0 Å². The number of amides is 1. The average Bonchev–Trinajstić information content (AvgIpc) is 2.90. The number of nitrogens with one attached hydrogen (secondary N) is 1. The Morgan fingerprint density at radius 2 is 1.80 bits per heavy atom. The smallest absolute Gasteiger partial charge is 0.339 e. The zero-order valence-corrected chi connectivity index (χ0v) is 25.0. The lowest BCUT2D eigenvalue weighted by Crippen LogP contribution is -2.48. The Morgan fingerprint density at radius 1 is 1.10 bits per heavy atom. The number of carboxylic acids is 1. The van der Waals surface area contributed by atoms with Gasteiger partial charge in [0.25, 0.3) is 0 Å². The predicted octanol–water partition coefficient (Wildman–Crippen LogP) is 5.85. The van der Waals surface area contributed by atoms with E-state index in [1.807, 2.05) is 30.0 Å². The Morgan fingerprint density at radius 3 is 2.48 bits per heavy atom. The van der Waals surface area contributed by atoms with Crippen molar-refractivity contribution in [3.05, 3.63) is 58.7 Å². The summed E-state index contributed by atoms with van der Waals surface area (Å²) in [5.41, 5.74) is 1.79. The number of aliphatic hydroxyl groups excluding tert-OH is 1. The average molecular weight is 572 g/mol. The Hall–Kier alpha value is -2.71. The Balaban J connectivity index is 1.49. The summed E-state index contributed by atoms with van der Waals surface area (Å²) in [6, 6.07) is 11.2. The second-order valence-electron chi connectivity index (χ2n) is 11.9. The third-order valence-electron chi connectivity index (χ3n) is 8.46. The molecular formula is C32H45NO6S. The summed E-state index contributed by atoms with van der Waals surface area (Å²) in [7, 11) is 0. The second kappa shape index (κ2) is 14.3. The number of benzene rings is 2. The zero-order chi connectivity index (χ0) is 29.4. The quantitative estimate of drug-likeness (QED) is 0.204. The van der Waals surface area contributed by atoms with E-state index in [0.29, 0.717) is 43.4 Å². The third kappa shape index (κ3) is 8.40. The second-order valence-corrected chi connectivity index (χ2v) is 13.4. The zero-order valence-electron chi connectivity index (χ0n) is 24.2. The number of thioether (sulfide) groups is 1. The van der Waals surface area contributed by atoms with Crippen LogP contribution >= 0.6 is 11.8 Å². The number of hydrogen-bond acceptors (Lipinski definition) is 6. The van der Waals surface area contributed by atoms with Crippen LogP contribution in [0.2, 0.25) is 0 Å². The molecule has 2 aromatic rings. The SMILES string of the molecule is Cc1c(O)cc(O)c(C(=O)O)c1CC[C@H](C)CC[C@H]1S[C@@H](CNC(=O)CCCc2ccccc2)C[C@@H](O)C1(C)C. The molecule has 1 aliphatic heterocycles. The molecule has 0 saturated carbocycles. The Kier molecular flexibility index (Phi) is 11.3. The molecule has 0 unspecified atom stereocenters. The number of aromatic hydroxyl groups is 2. The number of hydrogen-bond donors (Lipinski definition) is 5. The number of rotatable bonds is 13. The first kappa shape index (κ1) is 31.8. The molecule has 1 amide bonds. The van der Waals surface area contributed by atoms with Crippen molar-refractivity contribution in [1.29, 1.82) is 0 Å². The summed E-state index contributed by atoms with van der Waals surface area (Å²) in [5, 5.41) is 44.2. The molecule has 220 valence electrons. The lowest BCUT2D eigenvalue weighted by molar-refractivity contribution is -0.121. The molecule has 7 nitrogen and oxygen atoms in total. The van der Waals surface area contributed by atoms with E-state index in [4.69, 9.17) is 0 Å². The van der Waals surface area contributed by atoms with E-state index in [-0.39, 0.29) is 39.1 Å². The van der Waals surface area contributed by atoms with Gasteiger partial charge in [-0.1, -0.05) is 51.1 Å². The van der Waals surface area contributed by atoms with Crippen molar-refractivity contribution in [2.45, 2.75) is 95.7 Å². The van der Waals surface area contributed by atoms with Crippen molar-refractivity contribution in [3.63, 3.8) is 0 Å². The molecule has 3 rings (SSSR count). The fraction of sp³-hybridized carbons (Fsp3) is 0.562. The van der Waals surface area contributed by atoms with Gasteiger partial charge in [-0.3, -0.25) is 4.79 Å². The van der Waals surface area contributed by atoms with Crippen LogP contribution in [-0.4, -0.2) is 55.5 Å². The summed E-state index contributed by atoms with van der Waals surface area (Å²) >= 11 is 1.86. The minimum absolute atomic E-state index is 0.0510. The molecule has 1 saturated heterocycles. The first-order valence-corrected chi connectivity index (χ1v) is 15.3. The van der Waals surface area contributed by atoms with Crippen molar-refractivity contribution in [3.8, 4) is 11.5 Å². The highest BCUT2D eigenvalue weighted by molar-refractivity contribution is 8.00. The highest BCUT2D eigenvalue weighted by Crippen LogP contribution is 2.46. The first-order valence-electron chi connectivity index (χ1n) is 14.3. The van der Waals surface area contributed by atoms with Crippen LogP contribution < -0.4 is 5.32 Å². The molecule has 2 aromatic carbocycles. The number of carbonyl (C=O) groups is 2. The standard InChI is InChI=1S/C32H45NO6S/c1-20(13-15-24-21(2)25(34)18-26(35)30(24)31(38)39)14-16-28-32(3,4)27(36)17-23(40-28)19-33-29(37)12-8-11-22-9-6-5-7-10-22/h5-7,9-10,18,20,23,27-28,34-36H,8,11-17,19H2,1-4H3,(H,33,37)(H,38,39)/t20-,23+,27+,28+/m0/s1. The molecule has 1 aliphatic rings. The normalized spacial score (nSPS) is 21.1. The number of phenolic OH excluding ortho intramolecular Hbond substituents is 1. The number of aromatic carboxylic acids is 1. The summed E-state index contributed by atoms with van der Waals surface area (Å²) in [6.45, 7) is 8.56. The number of aryl methyl sites for hydroxylation is 1. The lowest BCUT2D eigenvalue weighted by Gasteiger charge is -2.46. The van der Waals surface area contributed by atoms with Crippen LogP contribution in [0, 0.1) is 18.3 Å². The van der Waals surface area contributed by atoms with E-state index >= 15 is 0 Å². The summed E-state index contributed by atoms with van der Waals surface area (Å²) < 4.78 is 0. The highest BCUT2D eigenvalue weighted by Gasteiger charge is 2.43. The van der Waals surface area contributed by atoms with Gasteiger partial charge in [-0.2, -0.15) is 11.8 Å². The number of carboxylic acid groups (broad SMARTS) is 1. The van der Waals surface area contributed by atoms with Crippen molar-refractivity contribution >= 4 is 23.6 Å². The molecule has 8 heteroatoms. The van der Waals surface area contributed by atoms with Crippen molar-refractivity contribution in [1.82, 2.24) is 5.32 Å². The van der Waals surface area contributed by atoms with Crippen LogP contribution in [-0.2, 0) is 17.6 Å². The van der Waals surface area contributed by atoms with Crippen LogP contribution in [0.5, 0.6) is 11.5 Å². The molecule has 0 bridgehead atoms. The molecular weight excluding hydrogens is 526 g/mol. The van der Waals surface area contributed by atoms with Crippen LogP contribution in [0.4, 0.5) is 0 Å². The minimum Gasteiger partial charge on any atom is -0.508 e. The third-order valence-corrected chi connectivity index (χ3v) is 10.4. The van der Waals surface area contributed by atoms with E-state index in [1.54, 1.807) is 6.92 Å². The van der Waals surface area contributed by atoms with Gasteiger partial charge in [0, 0.05) is 34.9 Å². The van der Waals surface area contributed by atoms with Gasteiger partial charge in [0.2, 0.25) is 5.91 Å². The maximum atomic E-state index is 12.5. The number of phenols is 2. The van der Waals surface area contributed by atoms with E-state index < -0.39 is 17.8 Å². The molecule has 0 radical (unpaired) electrons. The van der Waals surface area contributed by atoms with E-state index in [0.717, 1.165) is 31.7 Å². The van der Waals surface area contributed by atoms with Crippen LogP contribution in [0.3, 0.4) is 0 Å². The fourth-order valence-corrected chi connectivity index (χ4v) is 7.26. The summed E-state index contributed by atoms with van der Waals surface area (Å²) in [5.74, 6) is -1.39. The number of carbonyl (C=O) groups excluding carboxylic acids is 1. The van der Waals surface area contributed by atoms with Gasteiger partial charge in [-0.15, -0.1) is 0 Å². The van der Waals surface area contributed by atoms with Gasteiger partial charge in [0.1, 0.15) is 17.1 Å². The molecule has 40 heavy (non-hydrogen) atoms. The molecule has 5 N–H and O–H groups in total. The largest absolute Gasteiger partial charge is 0.508 e. The van der Waals surface area contributed by atoms with E-state index in [1.165, 1.54) is 5.56 Å². The Bertz CT molecular complexity index is 1150. The maximum Gasteiger partial charge on any atom is 0.339 e. The number of aliphatic hydroxyl groups is 1. The van der Waals surface area contributed by atoms with Gasteiger partial charge in [0.05, 0.1) is 6.10 Å². The molecule has 0 aliphatic carbocycles. The van der Waals surface area contributed by atoms with Crippen molar-refractivity contribution < 1.29 is 30.0 Å². The minimum atomic E-state index is -1.20. The van der Waals surface area contributed by atoms with Crippen LogP contribution in [0.15, 0.2) is 36.4 Å². The molecule has 1 heterocycles. The van der Waals surface area contributed by atoms with E-state index in [2.05, 4.69) is 38.2 Å². The predicted molar refractivity (Wildman–Crippen MR) is 160 cm³/mol. The molecule has 1 fully saturated rings. The highest BCUT2D eigenvalue weighted by atomic mass is 32.2. The van der Waals surface area contributed by atoms with Gasteiger partial charge < -0.3 is 25.7 Å². The topological polar surface area (TPSA) is 127 Å². The maximum absolute atomic E-state index is 12.5. The van der Waals surface area contributed by atoms with Crippen molar-refractivity contribution in [2.75, 3.05) is 6.54 Å². The van der Waals surface area contributed by atoms with Crippen LogP contribution in [0.1, 0.15) is 86.3 Å². The summed E-state index contributed by atoms with van der Waals surface area (Å²) in [4.78, 5) is 24.2. The van der Waals surface area contributed by atoms with Gasteiger partial charge in [0.15, 0.2) is 0 Å². The molecule has 4 atom stereocenters. The van der Waals surface area contributed by atoms with Gasteiger partial charge in [-0.05, 0) is 74.5 Å². The molecule has 0 aromatic heterocycles. The van der Waals surface area contributed by atoms with Gasteiger partial charge >= 0.3 is 5.97 Å².